The SMILES string of the molecule is C=CCC(c1ccc(F)c(F)c1)[C@H]1CC[C@H](CCCCC)CC1. The Kier molecular flexibility index (Phi) is 7.26. The summed E-state index contributed by atoms with van der Waals surface area (Å²) in [5, 5.41) is 0. The molecule has 128 valence electrons. The van der Waals surface area contributed by atoms with E-state index in [1.54, 1.807) is 6.07 Å². The molecule has 0 radical (unpaired) electrons. The van der Waals surface area contributed by atoms with Gasteiger partial charge in [0.05, 0.1) is 0 Å². The molecule has 1 aliphatic rings. The molecule has 1 aromatic carbocycles. The van der Waals surface area contributed by atoms with Crippen LogP contribution in [0, 0.1) is 23.5 Å². The molecule has 1 aromatic rings. The first-order chi connectivity index (χ1) is 11.2. The Morgan fingerprint density at radius 1 is 1.13 bits per heavy atom. The van der Waals surface area contributed by atoms with E-state index in [1.807, 2.05) is 6.08 Å². The van der Waals surface area contributed by atoms with Crippen LogP contribution in [0.15, 0.2) is 30.9 Å². The molecule has 1 aliphatic carbocycles. The Balaban J connectivity index is 1.96. The first-order valence-electron chi connectivity index (χ1n) is 9.21. The van der Waals surface area contributed by atoms with Crippen LogP contribution in [-0.2, 0) is 0 Å². The second-order valence-corrected chi connectivity index (χ2v) is 7.08. The van der Waals surface area contributed by atoms with Crippen LogP contribution in [0.25, 0.3) is 0 Å². The summed E-state index contributed by atoms with van der Waals surface area (Å²) in [7, 11) is 0. The topological polar surface area (TPSA) is 0 Å². The summed E-state index contributed by atoms with van der Waals surface area (Å²) in [6.45, 7) is 6.11. The number of hydrogen-bond acceptors (Lipinski definition) is 0. The molecule has 0 aliphatic heterocycles. The fourth-order valence-electron chi connectivity index (χ4n) is 4.09. The zero-order valence-electron chi connectivity index (χ0n) is 14.4. The summed E-state index contributed by atoms with van der Waals surface area (Å²) in [5.41, 5.74) is 0.929. The maximum absolute atomic E-state index is 13.6. The Morgan fingerprint density at radius 3 is 2.48 bits per heavy atom. The van der Waals surface area contributed by atoms with Gasteiger partial charge in [0.2, 0.25) is 0 Å². The summed E-state index contributed by atoms with van der Waals surface area (Å²) < 4.78 is 26.8. The fraction of sp³-hybridized carbons (Fsp3) is 0.619. The van der Waals surface area contributed by atoms with Gasteiger partial charge in [0.15, 0.2) is 11.6 Å². The van der Waals surface area contributed by atoms with Crippen LogP contribution in [0.5, 0.6) is 0 Å². The Labute approximate surface area is 140 Å². The average molecular weight is 320 g/mol. The first-order valence-corrected chi connectivity index (χ1v) is 9.21. The standard InChI is InChI=1S/C21H30F2/c1-3-5-6-8-16-9-11-17(12-10-16)19(7-4-2)18-13-14-20(22)21(23)15-18/h4,13-17,19H,2-3,5-12H2,1H3/t16-,17-,19?. The van der Waals surface area contributed by atoms with Gasteiger partial charge in [-0.2, -0.15) is 0 Å². The summed E-state index contributed by atoms with van der Waals surface area (Å²) >= 11 is 0. The second kappa shape index (κ2) is 9.20. The number of hydrogen-bond donors (Lipinski definition) is 0. The normalized spacial score (nSPS) is 22.7. The highest BCUT2D eigenvalue weighted by Gasteiger charge is 2.28. The van der Waals surface area contributed by atoms with Crippen molar-refractivity contribution in [1.82, 2.24) is 0 Å². The number of unbranched alkanes of at least 4 members (excludes halogenated alkanes) is 2. The highest BCUT2D eigenvalue weighted by Crippen LogP contribution is 2.41. The molecule has 1 fully saturated rings. The van der Waals surface area contributed by atoms with E-state index in [-0.39, 0.29) is 5.92 Å². The van der Waals surface area contributed by atoms with Crippen LogP contribution in [-0.4, -0.2) is 0 Å². The molecule has 0 nitrogen and oxygen atoms in total. The van der Waals surface area contributed by atoms with Gasteiger partial charge >= 0.3 is 0 Å². The van der Waals surface area contributed by atoms with Crippen LogP contribution in [0.2, 0.25) is 0 Å². The van der Waals surface area contributed by atoms with E-state index in [2.05, 4.69) is 13.5 Å². The van der Waals surface area contributed by atoms with Crippen LogP contribution >= 0.6 is 0 Å². The Bertz CT molecular complexity index is 487. The van der Waals surface area contributed by atoms with Gasteiger partial charge in [-0.05, 0) is 54.7 Å². The lowest BCUT2D eigenvalue weighted by Crippen LogP contribution is -2.20. The lowest BCUT2D eigenvalue weighted by molar-refractivity contribution is 0.230. The van der Waals surface area contributed by atoms with E-state index in [0.29, 0.717) is 5.92 Å². The van der Waals surface area contributed by atoms with Gasteiger partial charge < -0.3 is 0 Å². The molecule has 2 heteroatoms. The summed E-state index contributed by atoms with van der Waals surface area (Å²) in [5.74, 6) is 0.224. The van der Waals surface area contributed by atoms with E-state index in [1.165, 1.54) is 63.5 Å². The molecule has 0 aromatic heterocycles. The molecule has 0 saturated heterocycles. The second-order valence-electron chi connectivity index (χ2n) is 7.08. The summed E-state index contributed by atoms with van der Waals surface area (Å²) in [6, 6.07) is 4.40. The molecule has 1 unspecified atom stereocenters. The molecule has 0 N–H and O–H groups in total. The molecular weight excluding hydrogens is 290 g/mol. The third-order valence-corrected chi connectivity index (χ3v) is 5.47. The third-order valence-electron chi connectivity index (χ3n) is 5.47. The van der Waals surface area contributed by atoms with Crippen molar-refractivity contribution in [2.75, 3.05) is 0 Å². The largest absolute Gasteiger partial charge is 0.204 e. The van der Waals surface area contributed by atoms with Crippen molar-refractivity contribution in [2.24, 2.45) is 11.8 Å². The molecule has 1 saturated carbocycles. The van der Waals surface area contributed by atoms with Crippen molar-refractivity contribution in [3.8, 4) is 0 Å². The minimum Gasteiger partial charge on any atom is -0.204 e. The molecule has 0 bridgehead atoms. The molecule has 23 heavy (non-hydrogen) atoms. The zero-order valence-corrected chi connectivity index (χ0v) is 14.4. The molecule has 0 spiro atoms. The Morgan fingerprint density at radius 2 is 1.87 bits per heavy atom. The fourth-order valence-corrected chi connectivity index (χ4v) is 4.09. The monoisotopic (exact) mass is 320 g/mol. The number of allylic oxidation sites excluding steroid dienone is 1. The van der Waals surface area contributed by atoms with Gasteiger partial charge in [0.1, 0.15) is 0 Å². The minimum absolute atomic E-state index is 0.277. The van der Waals surface area contributed by atoms with E-state index in [0.717, 1.165) is 17.9 Å². The van der Waals surface area contributed by atoms with Crippen molar-refractivity contribution in [3.63, 3.8) is 0 Å². The van der Waals surface area contributed by atoms with Gasteiger partial charge in [-0.25, -0.2) is 8.78 Å². The molecule has 2 rings (SSSR count). The van der Waals surface area contributed by atoms with Crippen molar-refractivity contribution in [1.29, 1.82) is 0 Å². The smallest absolute Gasteiger partial charge is 0.159 e. The van der Waals surface area contributed by atoms with Crippen molar-refractivity contribution in [2.45, 2.75) is 70.6 Å². The minimum atomic E-state index is -0.759. The highest BCUT2D eigenvalue weighted by molar-refractivity contribution is 5.23. The zero-order chi connectivity index (χ0) is 16.7. The molecule has 1 atom stereocenters. The van der Waals surface area contributed by atoms with Gasteiger partial charge in [-0.3, -0.25) is 0 Å². The molecule has 0 amide bonds. The number of rotatable bonds is 8. The highest BCUT2D eigenvalue weighted by atomic mass is 19.2. The third kappa shape index (κ3) is 5.16. The van der Waals surface area contributed by atoms with Crippen molar-refractivity contribution in [3.05, 3.63) is 48.1 Å². The average Bonchev–Trinajstić information content (AvgIpc) is 2.56. The van der Waals surface area contributed by atoms with Crippen LogP contribution < -0.4 is 0 Å². The van der Waals surface area contributed by atoms with Crippen molar-refractivity contribution >= 4 is 0 Å². The van der Waals surface area contributed by atoms with Crippen LogP contribution in [0.1, 0.15) is 76.2 Å². The van der Waals surface area contributed by atoms with E-state index >= 15 is 0 Å². The van der Waals surface area contributed by atoms with Crippen molar-refractivity contribution < 1.29 is 8.78 Å². The molecular formula is C21H30F2. The predicted octanol–water partition coefficient (Wildman–Crippen LogP) is 7.01. The van der Waals surface area contributed by atoms with E-state index in [4.69, 9.17) is 0 Å². The van der Waals surface area contributed by atoms with Gasteiger partial charge in [-0.15, -0.1) is 6.58 Å². The maximum Gasteiger partial charge on any atom is 0.159 e. The van der Waals surface area contributed by atoms with Gasteiger partial charge in [0, 0.05) is 0 Å². The van der Waals surface area contributed by atoms with E-state index in [9.17, 15) is 8.78 Å². The van der Waals surface area contributed by atoms with Crippen LogP contribution in [0.4, 0.5) is 8.78 Å². The molecule has 0 heterocycles. The number of halogens is 2. The van der Waals surface area contributed by atoms with Crippen LogP contribution in [0.3, 0.4) is 0 Å². The predicted molar refractivity (Wildman–Crippen MR) is 93.5 cm³/mol. The quantitative estimate of drug-likeness (QED) is 0.357. The lowest BCUT2D eigenvalue weighted by atomic mass is 9.71. The van der Waals surface area contributed by atoms with Gasteiger partial charge in [-0.1, -0.05) is 57.6 Å². The summed E-state index contributed by atoms with van der Waals surface area (Å²) in [4.78, 5) is 0. The maximum atomic E-state index is 13.6. The summed E-state index contributed by atoms with van der Waals surface area (Å²) in [6.07, 6.45) is 13.1. The van der Waals surface area contributed by atoms with Gasteiger partial charge in [0.25, 0.3) is 0 Å². The number of benzene rings is 1. The first kappa shape index (κ1) is 18.2. The van der Waals surface area contributed by atoms with E-state index < -0.39 is 11.6 Å². The Hall–Kier alpha value is -1.18. The lowest BCUT2D eigenvalue weighted by Gasteiger charge is -2.34.